The van der Waals surface area contributed by atoms with E-state index in [-0.39, 0.29) is 29.5 Å². The highest BCUT2D eigenvalue weighted by Crippen LogP contribution is 2.33. The van der Waals surface area contributed by atoms with Crippen molar-refractivity contribution in [1.82, 2.24) is 10.2 Å². The number of ether oxygens (including phenoxy) is 2. The van der Waals surface area contributed by atoms with Crippen LogP contribution in [0.1, 0.15) is 29.2 Å². The molecule has 0 saturated carbocycles. The zero-order valence-corrected chi connectivity index (χ0v) is 27.7. The summed E-state index contributed by atoms with van der Waals surface area (Å²) in [5.41, 5.74) is 3.67. The molecule has 1 atom stereocenters. The Morgan fingerprint density at radius 1 is 0.783 bits per heavy atom. The van der Waals surface area contributed by atoms with Crippen molar-refractivity contribution in [2.75, 3.05) is 31.6 Å². The molecule has 242 valence electrons. The number of sulfonamides is 1. The van der Waals surface area contributed by atoms with Crippen LogP contribution < -0.4 is 19.1 Å². The standard InChI is InChI=1S/C36H41N3O6S/c1-6-37-36(41)32(22-28-13-9-7-10-14-28)38(24-29-15-11-8-12-16-29)35(40)25-39(30-20-26(2)19-27(3)21-30)46(42,43)31-17-18-33(44-4)34(23-31)45-5/h7-21,23,32H,6,22,24-25H2,1-5H3,(H,37,41)/t32-/m0/s1. The lowest BCUT2D eigenvalue weighted by Gasteiger charge is -2.34. The van der Waals surface area contributed by atoms with Crippen molar-refractivity contribution in [3.63, 3.8) is 0 Å². The van der Waals surface area contributed by atoms with Gasteiger partial charge in [-0.15, -0.1) is 0 Å². The van der Waals surface area contributed by atoms with Crippen LogP contribution in [0.2, 0.25) is 0 Å². The van der Waals surface area contributed by atoms with E-state index in [1.165, 1.54) is 37.3 Å². The van der Waals surface area contributed by atoms with E-state index in [0.717, 1.165) is 26.6 Å². The highest BCUT2D eigenvalue weighted by atomic mass is 32.2. The molecule has 9 nitrogen and oxygen atoms in total. The van der Waals surface area contributed by atoms with Crippen LogP contribution in [-0.2, 0) is 32.6 Å². The van der Waals surface area contributed by atoms with E-state index in [9.17, 15) is 18.0 Å². The Hall–Kier alpha value is -4.83. The van der Waals surface area contributed by atoms with Gasteiger partial charge in [-0.25, -0.2) is 8.42 Å². The first-order valence-electron chi connectivity index (χ1n) is 15.1. The second-order valence-corrected chi connectivity index (χ2v) is 12.8. The van der Waals surface area contributed by atoms with Crippen LogP contribution in [-0.4, -0.2) is 58.5 Å². The number of carbonyl (C=O) groups excluding carboxylic acids is 2. The molecule has 0 aromatic heterocycles. The average molecular weight is 644 g/mol. The number of anilines is 1. The van der Waals surface area contributed by atoms with Crippen molar-refractivity contribution in [2.45, 2.75) is 44.7 Å². The molecule has 1 N–H and O–H groups in total. The number of likely N-dealkylation sites (N-methyl/N-ethyl adjacent to an activating group) is 1. The quantitative estimate of drug-likeness (QED) is 0.200. The molecular weight excluding hydrogens is 602 g/mol. The Kier molecular flexibility index (Phi) is 11.4. The highest BCUT2D eigenvalue weighted by Gasteiger charge is 2.35. The molecule has 0 radical (unpaired) electrons. The van der Waals surface area contributed by atoms with Crippen molar-refractivity contribution in [2.24, 2.45) is 0 Å². The summed E-state index contributed by atoms with van der Waals surface area (Å²) in [6, 6.07) is 27.6. The largest absolute Gasteiger partial charge is 0.493 e. The maximum Gasteiger partial charge on any atom is 0.264 e. The van der Waals surface area contributed by atoms with Gasteiger partial charge in [0.05, 0.1) is 24.8 Å². The molecule has 0 unspecified atom stereocenters. The summed E-state index contributed by atoms with van der Waals surface area (Å²) in [6.07, 6.45) is 0.247. The van der Waals surface area contributed by atoms with E-state index in [1.807, 2.05) is 87.5 Å². The number of aryl methyl sites for hydroxylation is 2. The molecule has 0 spiro atoms. The number of nitrogens with one attached hydrogen (secondary N) is 1. The lowest BCUT2D eigenvalue weighted by atomic mass is 10.0. The molecule has 4 rings (SSSR count). The van der Waals surface area contributed by atoms with Gasteiger partial charge in [0.25, 0.3) is 10.0 Å². The normalized spacial score (nSPS) is 11.8. The Bertz CT molecular complexity index is 1730. The van der Waals surface area contributed by atoms with Crippen LogP contribution in [0.15, 0.2) is 102 Å². The van der Waals surface area contributed by atoms with E-state index < -0.39 is 28.5 Å². The van der Waals surface area contributed by atoms with Crippen LogP contribution in [0.25, 0.3) is 0 Å². The van der Waals surface area contributed by atoms with Gasteiger partial charge >= 0.3 is 0 Å². The monoisotopic (exact) mass is 643 g/mol. The Balaban J connectivity index is 1.83. The molecule has 0 aliphatic rings. The molecule has 0 bridgehead atoms. The summed E-state index contributed by atoms with van der Waals surface area (Å²) < 4.78 is 40.6. The topological polar surface area (TPSA) is 105 Å². The number of rotatable bonds is 14. The van der Waals surface area contributed by atoms with E-state index in [2.05, 4.69) is 5.32 Å². The molecule has 10 heteroatoms. The molecule has 0 aliphatic carbocycles. The summed E-state index contributed by atoms with van der Waals surface area (Å²) in [6.45, 7) is 5.49. The number of amides is 2. The molecule has 2 amide bonds. The molecule has 4 aromatic rings. The number of hydrogen-bond donors (Lipinski definition) is 1. The van der Waals surface area contributed by atoms with Crippen molar-refractivity contribution in [3.8, 4) is 11.5 Å². The smallest absolute Gasteiger partial charge is 0.264 e. The maximum atomic E-state index is 14.5. The third-order valence-corrected chi connectivity index (χ3v) is 9.30. The van der Waals surface area contributed by atoms with E-state index in [0.29, 0.717) is 18.0 Å². The van der Waals surface area contributed by atoms with E-state index in [1.54, 1.807) is 12.1 Å². The third-order valence-electron chi connectivity index (χ3n) is 7.53. The predicted octanol–water partition coefficient (Wildman–Crippen LogP) is 5.29. The van der Waals surface area contributed by atoms with Gasteiger partial charge in [-0.05, 0) is 67.3 Å². The average Bonchev–Trinajstić information content (AvgIpc) is 3.05. The predicted molar refractivity (Wildman–Crippen MR) is 180 cm³/mol. The van der Waals surface area contributed by atoms with Crippen molar-refractivity contribution >= 4 is 27.5 Å². The fourth-order valence-corrected chi connectivity index (χ4v) is 6.77. The van der Waals surface area contributed by atoms with Gasteiger partial charge in [0, 0.05) is 25.6 Å². The van der Waals surface area contributed by atoms with Crippen LogP contribution in [0, 0.1) is 13.8 Å². The van der Waals surface area contributed by atoms with Gasteiger partial charge in [0.2, 0.25) is 11.8 Å². The summed E-state index contributed by atoms with van der Waals surface area (Å²) in [4.78, 5) is 29.6. The first-order chi connectivity index (χ1) is 22.1. The SMILES string of the molecule is CCNC(=O)[C@H](Cc1ccccc1)N(Cc1ccccc1)C(=O)CN(c1cc(C)cc(C)c1)S(=O)(=O)c1ccc(OC)c(OC)c1. The minimum atomic E-state index is -4.31. The number of nitrogens with zero attached hydrogens (tertiary/aromatic N) is 2. The second kappa shape index (κ2) is 15.4. The number of benzene rings is 4. The zero-order chi connectivity index (χ0) is 33.3. The molecule has 46 heavy (non-hydrogen) atoms. The Morgan fingerprint density at radius 2 is 1.37 bits per heavy atom. The summed E-state index contributed by atoms with van der Waals surface area (Å²) in [5.74, 6) is -0.245. The van der Waals surface area contributed by atoms with Crippen molar-refractivity contribution in [1.29, 1.82) is 0 Å². The first kappa shape index (κ1) is 34.1. The molecule has 0 aliphatic heterocycles. The van der Waals surface area contributed by atoms with E-state index >= 15 is 0 Å². The molecule has 0 heterocycles. The fraction of sp³-hybridized carbons (Fsp3) is 0.278. The van der Waals surface area contributed by atoms with Crippen molar-refractivity contribution in [3.05, 3.63) is 119 Å². The van der Waals surface area contributed by atoms with Gasteiger partial charge in [0.15, 0.2) is 11.5 Å². The van der Waals surface area contributed by atoms with Gasteiger partial charge in [-0.1, -0.05) is 66.7 Å². The van der Waals surface area contributed by atoms with Crippen LogP contribution in [0.3, 0.4) is 0 Å². The Morgan fingerprint density at radius 3 is 1.93 bits per heavy atom. The fourth-order valence-electron chi connectivity index (χ4n) is 5.35. The lowest BCUT2D eigenvalue weighted by Crippen LogP contribution is -2.53. The summed E-state index contributed by atoms with van der Waals surface area (Å²) in [7, 11) is -1.42. The molecule has 0 saturated heterocycles. The van der Waals surface area contributed by atoms with Crippen molar-refractivity contribution < 1.29 is 27.5 Å². The number of carbonyl (C=O) groups is 2. The maximum absolute atomic E-state index is 14.5. The number of methoxy groups -OCH3 is 2. The number of hydrogen-bond acceptors (Lipinski definition) is 6. The van der Waals surface area contributed by atoms with Gasteiger partial charge < -0.3 is 19.7 Å². The third kappa shape index (κ3) is 8.25. The van der Waals surface area contributed by atoms with Gasteiger partial charge in [-0.3, -0.25) is 13.9 Å². The minimum Gasteiger partial charge on any atom is -0.493 e. The minimum absolute atomic E-state index is 0.0729. The van der Waals surface area contributed by atoms with Crippen LogP contribution in [0.4, 0.5) is 5.69 Å². The molecular formula is C36H41N3O6S. The zero-order valence-electron chi connectivity index (χ0n) is 26.9. The molecule has 4 aromatic carbocycles. The second-order valence-electron chi connectivity index (χ2n) is 11.0. The summed E-state index contributed by atoms with van der Waals surface area (Å²) in [5, 5.41) is 2.88. The lowest BCUT2D eigenvalue weighted by molar-refractivity contribution is -0.140. The highest BCUT2D eigenvalue weighted by molar-refractivity contribution is 7.92. The van der Waals surface area contributed by atoms with Gasteiger partial charge in [-0.2, -0.15) is 0 Å². The van der Waals surface area contributed by atoms with Crippen LogP contribution >= 0.6 is 0 Å². The molecule has 0 fully saturated rings. The van der Waals surface area contributed by atoms with E-state index in [4.69, 9.17) is 9.47 Å². The first-order valence-corrected chi connectivity index (χ1v) is 16.5. The van der Waals surface area contributed by atoms with Gasteiger partial charge in [0.1, 0.15) is 12.6 Å². The Labute approximate surface area is 271 Å². The summed E-state index contributed by atoms with van der Waals surface area (Å²) >= 11 is 0. The van der Waals surface area contributed by atoms with Crippen LogP contribution in [0.5, 0.6) is 11.5 Å².